The number of amides is 2. The first-order valence-electron chi connectivity index (χ1n) is 7.00. The zero-order chi connectivity index (χ0) is 15.4. The lowest BCUT2D eigenvalue weighted by Crippen LogP contribution is -2.59. The van der Waals surface area contributed by atoms with E-state index in [1.807, 2.05) is 20.8 Å². The molecule has 1 rings (SSSR count). The second kappa shape index (κ2) is 6.24. The van der Waals surface area contributed by atoms with Gasteiger partial charge in [-0.25, -0.2) is 4.79 Å². The van der Waals surface area contributed by atoms with Gasteiger partial charge in [0.25, 0.3) is 0 Å². The normalized spacial score (nSPS) is 16.9. The summed E-state index contributed by atoms with van der Waals surface area (Å²) in [5.41, 5.74) is -1.49. The molecule has 2 amide bonds. The number of aliphatic carboxylic acids is 1. The van der Waals surface area contributed by atoms with Crippen molar-refractivity contribution in [1.82, 2.24) is 10.6 Å². The number of carboxylic acids is 1. The van der Waals surface area contributed by atoms with E-state index < -0.39 is 16.9 Å². The van der Waals surface area contributed by atoms with Crippen LogP contribution >= 0.6 is 0 Å². The largest absolute Gasteiger partial charge is 0.480 e. The third-order valence-electron chi connectivity index (χ3n) is 3.54. The van der Waals surface area contributed by atoms with Crippen LogP contribution in [-0.2, 0) is 14.4 Å². The maximum Gasteiger partial charge on any atom is 0.329 e. The van der Waals surface area contributed by atoms with Crippen LogP contribution in [0.25, 0.3) is 0 Å². The van der Waals surface area contributed by atoms with Crippen molar-refractivity contribution in [2.45, 2.75) is 58.4 Å². The lowest BCUT2D eigenvalue weighted by atomic mass is 9.76. The van der Waals surface area contributed by atoms with Gasteiger partial charge in [0.15, 0.2) is 0 Å². The number of carboxylic acid groups (broad SMARTS) is 1. The average Bonchev–Trinajstić information content (AvgIpc) is 2.27. The minimum absolute atomic E-state index is 0.0566. The number of hydrogen-bond donors (Lipinski definition) is 3. The lowest BCUT2D eigenvalue weighted by molar-refractivity contribution is -0.151. The molecule has 0 bridgehead atoms. The van der Waals surface area contributed by atoms with Gasteiger partial charge in [-0.2, -0.15) is 0 Å². The van der Waals surface area contributed by atoms with E-state index in [9.17, 15) is 14.4 Å². The molecule has 0 aromatic rings. The van der Waals surface area contributed by atoms with Crippen LogP contribution in [0.3, 0.4) is 0 Å². The SMILES string of the molecule is CC(C)(C)C(=O)NCCCC(=O)NC1(C(=O)O)CCC1. The first-order chi connectivity index (χ1) is 9.17. The summed E-state index contributed by atoms with van der Waals surface area (Å²) in [5.74, 6) is -1.28. The Kier molecular flexibility index (Phi) is 5.14. The maximum absolute atomic E-state index is 11.7. The van der Waals surface area contributed by atoms with Crippen molar-refractivity contribution in [3.8, 4) is 0 Å². The molecular weight excluding hydrogens is 260 g/mol. The molecule has 1 aliphatic carbocycles. The number of rotatable bonds is 6. The fourth-order valence-electron chi connectivity index (χ4n) is 1.97. The first-order valence-corrected chi connectivity index (χ1v) is 7.00. The summed E-state index contributed by atoms with van der Waals surface area (Å²) >= 11 is 0. The van der Waals surface area contributed by atoms with Crippen LogP contribution in [0.5, 0.6) is 0 Å². The van der Waals surface area contributed by atoms with Crippen LogP contribution in [0.1, 0.15) is 52.9 Å². The third-order valence-corrected chi connectivity index (χ3v) is 3.54. The summed E-state index contributed by atoms with van der Waals surface area (Å²) in [5, 5.41) is 14.4. The van der Waals surface area contributed by atoms with Crippen LogP contribution in [-0.4, -0.2) is 35.0 Å². The third kappa shape index (κ3) is 4.21. The molecule has 0 saturated heterocycles. The van der Waals surface area contributed by atoms with Crippen molar-refractivity contribution in [3.05, 3.63) is 0 Å². The molecule has 1 saturated carbocycles. The second-order valence-electron chi connectivity index (χ2n) is 6.40. The zero-order valence-corrected chi connectivity index (χ0v) is 12.4. The van der Waals surface area contributed by atoms with E-state index in [4.69, 9.17) is 5.11 Å². The molecule has 6 heteroatoms. The molecule has 0 radical (unpaired) electrons. The maximum atomic E-state index is 11.7. The lowest BCUT2D eigenvalue weighted by Gasteiger charge is -2.38. The first kappa shape index (κ1) is 16.5. The molecular formula is C14H24N2O4. The Bertz CT molecular complexity index is 394. The highest BCUT2D eigenvalue weighted by Gasteiger charge is 2.45. The zero-order valence-electron chi connectivity index (χ0n) is 12.4. The van der Waals surface area contributed by atoms with Crippen molar-refractivity contribution >= 4 is 17.8 Å². The van der Waals surface area contributed by atoms with E-state index >= 15 is 0 Å². The fraction of sp³-hybridized carbons (Fsp3) is 0.786. The van der Waals surface area contributed by atoms with Gasteiger partial charge in [0.2, 0.25) is 11.8 Å². The summed E-state index contributed by atoms with van der Waals surface area (Å²) in [6, 6.07) is 0. The van der Waals surface area contributed by atoms with E-state index in [0.717, 1.165) is 6.42 Å². The van der Waals surface area contributed by atoms with Crippen LogP contribution in [0, 0.1) is 5.41 Å². The van der Waals surface area contributed by atoms with E-state index in [0.29, 0.717) is 25.8 Å². The van der Waals surface area contributed by atoms with Gasteiger partial charge in [-0.05, 0) is 25.7 Å². The van der Waals surface area contributed by atoms with Crippen molar-refractivity contribution in [2.24, 2.45) is 5.41 Å². The molecule has 1 aliphatic rings. The summed E-state index contributed by atoms with van der Waals surface area (Å²) in [6.45, 7) is 5.89. The summed E-state index contributed by atoms with van der Waals surface area (Å²) in [4.78, 5) is 34.4. The number of nitrogens with one attached hydrogen (secondary N) is 2. The van der Waals surface area contributed by atoms with Crippen LogP contribution in [0.15, 0.2) is 0 Å². The van der Waals surface area contributed by atoms with Crippen molar-refractivity contribution in [1.29, 1.82) is 0 Å². The van der Waals surface area contributed by atoms with Crippen LogP contribution in [0.2, 0.25) is 0 Å². The standard InChI is InChI=1S/C14H24N2O4/c1-13(2,3)11(18)15-9-4-6-10(17)16-14(12(19)20)7-5-8-14/h4-9H2,1-3H3,(H,15,18)(H,16,17)(H,19,20). The number of carbonyl (C=O) groups excluding carboxylic acids is 2. The van der Waals surface area contributed by atoms with Gasteiger partial charge in [-0.1, -0.05) is 20.8 Å². The Balaban J connectivity index is 2.24. The van der Waals surface area contributed by atoms with Gasteiger partial charge in [0.05, 0.1) is 0 Å². The van der Waals surface area contributed by atoms with Gasteiger partial charge in [-0.3, -0.25) is 9.59 Å². The molecule has 1 fully saturated rings. The predicted molar refractivity (Wildman–Crippen MR) is 74.1 cm³/mol. The van der Waals surface area contributed by atoms with E-state index in [1.165, 1.54) is 0 Å². The van der Waals surface area contributed by atoms with Gasteiger partial charge in [0, 0.05) is 18.4 Å². The molecule has 0 unspecified atom stereocenters. The van der Waals surface area contributed by atoms with Gasteiger partial charge < -0.3 is 15.7 Å². The molecule has 20 heavy (non-hydrogen) atoms. The van der Waals surface area contributed by atoms with E-state index in [1.54, 1.807) is 0 Å². The average molecular weight is 284 g/mol. The molecule has 114 valence electrons. The summed E-state index contributed by atoms with van der Waals surface area (Å²) in [7, 11) is 0. The molecule has 0 heterocycles. The van der Waals surface area contributed by atoms with Crippen molar-refractivity contribution in [2.75, 3.05) is 6.54 Å². The Morgan fingerprint density at radius 3 is 2.20 bits per heavy atom. The topological polar surface area (TPSA) is 95.5 Å². The molecule has 3 N–H and O–H groups in total. The quantitative estimate of drug-likeness (QED) is 0.635. The highest BCUT2D eigenvalue weighted by Crippen LogP contribution is 2.32. The minimum atomic E-state index is -1.05. The second-order valence-corrected chi connectivity index (χ2v) is 6.40. The van der Waals surface area contributed by atoms with Gasteiger partial charge in [-0.15, -0.1) is 0 Å². The van der Waals surface area contributed by atoms with Crippen molar-refractivity contribution < 1.29 is 19.5 Å². The Labute approximate surface area is 119 Å². The van der Waals surface area contributed by atoms with E-state index in [-0.39, 0.29) is 18.2 Å². The molecule has 0 aromatic heterocycles. The fourth-order valence-corrected chi connectivity index (χ4v) is 1.97. The molecule has 0 spiro atoms. The summed E-state index contributed by atoms with van der Waals surface area (Å²) in [6.07, 6.45) is 2.54. The highest BCUT2D eigenvalue weighted by atomic mass is 16.4. The molecule has 0 aliphatic heterocycles. The molecule has 0 aromatic carbocycles. The monoisotopic (exact) mass is 284 g/mol. The summed E-state index contributed by atoms with van der Waals surface area (Å²) < 4.78 is 0. The van der Waals surface area contributed by atoms with Gasteiger partial charge >= 0.3 is 5.97 Å². The van der Waals surface area contributed by atoms with Crippen LogP contribution < -0.4 is 10.6 Å². The number of hydrogen-bond acceptors (Lipinski definition) is 3. The number of carbonyl (C=O) groups is 3. The highest BCUT2D eigenvalue weighted by molar-refractivity contribution is 5.87. The molecule has 0 atom stereocenters. The van der Waals surface area contributed by atoms with E-state index in [2.05, 4.69) is 10.6 Å². The predicted octanol–water partition coefficient (Wildman–Crippen LogP) is 1.05. The minimum Gasteiger partial charge on any atom is -0.480 e. The Morgan fingerprint density at radius 2 is 1.80 bits per heavy atom. The van der Waals surface area contributed by atoms with Crippen molar-refractivity contribution in [3.63, 3.8) is 0 Å². The Hall–Kier alpha value is -1.59. The van der Waals surface area contributed by atoms with Gasteiger partial charge in [0.1, 0.15) is 5.54 Å². The smallest absolute Gasteiger partial charge is 0.329 e. The molecule has 6 nitrogen and oxygen atoms in total. The Morgan fingerprint density at radius 1 is 1.20 bits per heavy atom. The van der Waals surface area contributed by atoms with Crippen LogP contribution in [0.4, 0.5) is 0 Å².